The van der Waals surface area contributed by atoms with Crippen molar-refractivity contribution in [3.05, 3.63) is 89.8 Å². The Morgan fingerprint density at radius 2 is 1.84 bits per heavy atom. The number of amides is 2. The van der Waals surface area contributed by atoms with E-state index in [9.17, 15) is 14.9 Å². The number of nitrogens with zero attached hydrogens (tertiary/aromatic N) is 2. The van der Waals surface area contributed by atoms with Gasteiger partial charge in [-0.15, -0.1) is 0 Å². The van der Waals surface area contributed by atoms with Gasteiger partial charge in [0.2, 0.25) is 11.8 Å². The lowest BCUT2D eigenvalue weighted by molar-refractivity contribution is -0.119. The Bertz CT molecular complexity index is 1190. The number of primary amides is 1. The summed E-state index contributed by atoms with van der Waals surface area (Å²) >= 11 is 0. The van der Waals surface area contributed by atoms with Crippen LogP contribution in [0.5, 0.6) is 0 Å². The molecule has 0 aliphatic carbocycles. The van der Waals surface area contributed by atoms with E-state index in [1.54, 1.807) is 0 Å². The number of fused-ring (bicyclic) bond motifs is 1. The van der Waals surface area contributed by atoms with Crippen LogP contribution in [-0.2, 0) is 17.8 Å². The monoisotopic (exact) mass is 425 g/mol. The van der Waals surface area contributed by atoms with E-state index in [1.165, 1.54) is 12.0 Å². The van der Waals surface area contributed by atoms with Gasteiger partial charge in [-0.1, -0.05) is 66.7 Å². The van der Waals surface area contributed by atoms with Crippen LogP contribution in [0.2, 0.25) is 0 Å². The molecule has 0 saturated carbocycles. The highest BCUT2D eigenvalue weighted by Gasteiger charge is 2.39. The summed E-state index contributed by atoms with van der Waals surface area (Å²) in [4.78, 5) is 27.0. The van der Waals surface area contributed by atoms with Gasteiger partial charge in [0, 0.05) is 19.6 Å². The van der Waals surface area contributed by atoms with Gasteiger partial charge in [-0.05, 0) is 34.7 Å². The largest absolute Gasteiger partial charge is 0.366 e. The van der Waals surface area contributed by atoms with Crippen molar-refractivity contribution in [1.29, 1.82) is 5.26 Å². The summed E-state index contributed by atoms with van der Waals surface area (Å²) in [5.41, 5.74) is 7.01. The second-order valence-corrected chi connectivity index (χ2v) is 8.22. The van der Waals surface area contributed by atoms with Gasteiger partial charge in [-0.3, -0.25) is 14.5 Å². The van der Waals surface area contributed by atoms with Crippen LogP contribution in [0.1, 0.15) is 27.9 Å². The number of nitrogens with two attached hydrogens (primary N) is 1. The molecule has 1 aliphatic rings. The smallest absolute Gasteiger partial charge is 0.249 e. The number of carbonyl (C=O) groups excluding carboxylic acids is 2. The molecule has 3 N–H and O–H groups in total. The van der Waals surface area contributed by atoms with Crippen LogP contribution in [0.15, 0.2) is 66.7 Å². The molecule has 1 saturated heterocycles. The third kappa shape index (κ3) is 4.63. The van der Waals surface area contributed by atoms with Crippen molar-refractivity contribution >= 4 is 22.6 Å². The van der Waals surface area contributed by atoms with Crippen LogP contribution in [-0.4, -0.2) is 35.3 Å². The topological polar surface area (TPSA) is 99.2 Å². The summed E-state index contributed by atoms with van der Waals surface area (Å²) in [5, 5.41) is 14.4. The van der Waals surface area contributed by atoms with Crippen molar-refractivity contribution in [3.8, 4) is 6.07 Å². The van der Waals surface area contributed by atoms with Gasteiger partial charge in [-0.25, -0.2) is 0 Å². The second kappa shape index (κ2) is 9.21. The van der Waals surface area contributed by atoms with E-state index in [-0.39, 0.29) is 12.3 Å². The average molecular weight is 426 g/mol. The number of rotatable bonds is 7. The highest BCUT2D eigenvalue weighted by atomic mass is 16.2. The van der Waals surface area contributed by atoms with Crippen molar-refractivity contribution in [2.45, 2.75) is 24.9 Å². The highest BCUT2D eigenvalue weighted by molar-refractivity contribution is 6.07. The molecule has 0 spiro atoms. The van der Waals surface area contributed by atoms with Gasteiger partial charge < -0.3 is 11.1 Å². The van der Waals surface area contributed by atoms with E-state index in [2.05, 4.69) is 28.4 Å². The lowest BCUT2D eigenvalue weighted by Gasteiger charge is -2.23. The van der Waals surface area contributed by atoms with Crippen LogP contribution in [0.3, 0.4) is 0 Å². The summed E-state index contributed by atoms with van der Waals surface area (Å²) in [6.45, 7) is 1.95. The van der Waals surface area contributed by atoms with E-state index in [0.717, 1.165) is 23.9 Å². The first kappa shape index (κ1) is 21.5. The van der Waals surface area contributed by atoms with Gasteiger partial charge in [0.15, 0.2) is 0 Å². The number of carbonyl (C=O) groups is 2. The van der Waals surface area contributed by atoms with E-state index in [0.29, 0.717) is 24.1 Å². The average Bonchev–Trinajstić information content (AvgIpc) is 3.20. The molecule has 1 unspecified atom stereocenters. The van der Waals surface area contributed by atoms with Crippen LogP contribution in [0.25, 0.3) is 10.8 Å². The molecular formula is C26H25N4O2. The SMILES string of the molecule is N#CC1(NC(=O)[CH]Cc2ccc3ccccc3c2C(N)=O)CCN(Cc2ccccc2)C1. The Morgan fingerprint density at radius 1 is 1.09 bits per heavy atom. The van der Waals surface area contributed by atoms with Crippen LogP contribution in [0.4, 0.5) is 0 Å². The minimum Gasteiger partial charge on any atom is -0.366 e. The molecular weight excluding hydrogens is 400 g/mol. The van der Waals surface area contributed by atoms with Crippen molar-refractivity contribution in [2.75, 3.05) is 13.1 Å². The first-order valence-electron chi connectivity index (χ1n) is 10.6. The van der Waals surface area contributed by atoms with E-state index in [1.807, 2.05) is 54.6 Å². The van der Waals surface area contributed by atoms with Gasteiger partial charge >= 0.3 is 0 Å². The molecule has 161 valence electrons. The van der Waals surface area contributed by atoms with Crippen molar-refractivity contribution < 1.29 is 9.59 Å². The normalized spacial score (nSPS) is 18.3. The lowest BCUT2D eigenvalue weighted by Crippen LogP contribution is -2.49. The van der Waals surface area contributed by atoms with Crippen molar-refractivity contribution in [1.82, 2.24) is 10.2 Å². The number of hydrogen-bond donors (Lipinski definition) is 2. The predicted molar refractivity (Wildman–Crippen MR) is 123 cm³/mol. The first-order chi connectivity index (χ1) is 15.5. The van der Waals surface area contributed by atoms with Crippen molar-refractivity contribution in [2.24, 2.45) is 5.73 Å². The van der Waals surface area contributed by atoms with Gasteiger partial charge in [-0.2, -0.15) is 5.26 Å². The van der Waals surface area contributed by atoms with Crippen molar-refractivity contribution in [3.63, 3.8) is 0 Å². The minimum absolute atomic E-state index is 0.254. The molecule has 6 heteroatoms. The Balaban J connectivity index is 1.41. The summed E-state index contributed by atoms with van der Waals surface area (Å²) < 4.78 is 0. The van der Waals surface area contributed by atoms with Gasteiger partial charge in [0.05, 0.1) is 18.1 Å². The van der Waals surface area contributed by atoms with Gasteiger partial charge in [0.1, 0.15) is 5.54 Å². The molecule has 1 heterocycles. The maximum Gasteiger partial charge on any atom is 0.249 e. The Kier molecular flexibility index (Phi) is 6.20. The predicted octanol–water partition coefficient (Wildman–Crippen LogP) is 2.97. The Hall–Kier alpha value is -3.69. The number of hydrogen-bond acceptors (Lipinski definition) is 4. The second-order valence-electron chi connectivity index (χ2n) is 8.22. The zero-order chi connectivity index (χ0) is 22.6. The Labute approximate surface area is 187 Å². The number of benzene rings is 3. The summed E-state index contributed by atoms with van der Waals surface area (Å²) in [6.07, 6.45) is 2.30. The highest BCUT2D eigenvalue weighted by Crippen LogP contribution is 2.25. The molecule has 3 aromatic carbocycles. The van der Waals surface area contributed by atoms with Gasteiger partial charge in [0.25, 0.3) is 0 Å². The fraction of sp³-hybridized carbons (Fsp3) is 0.231. The third-order valence-corrected chi connectivity index (χ3v) is 5.94. The van der Waals surface area contributed by atoms with E-state index in [4.69, 9.17) is 5.73 Å². The molecule has 1 radical (unpaired) electrons. The maximum absolute atomic E-state index is 12.7. The molecule has 4 rings (SSSR count). The fourth-order valence-electron chi connectivity index (χ4n) is 4.35. The Morgan fingerprint density at radius 3 is 2.59 bits per heavy atom. The first-order valence-corrected chi connectivity index (χ1v) is 10.6. The summed E-state index contributed by atoms with van der Waals surface area (Å²) in [6, 6.07) is 23.6. The van der Waals surface area contributed by atoms with Crippen LogP contribution < -0.4 is 11.1 Å². The molecule has 3 aromatic rings. The zero-order valence-corrected chi connectivity index (χ0v) is 17.8. The molecule has 1 atom stereocenters. The van der Waals surface area contributed by atoms with E-state index < -0.39 is 11.4 Å². The quantitative estimate of drug-likeness (QED) is 0.608. The third-order valence-electron chi connectivity index (χ3n) is 5.94. The molecule has 1 fully saturated rings. The summed E-state index contributed by atoms with van der Waals surface area (Å²) in [7, 11) is 0. The maximum atomic E-state index is 12.7. The molecule has 6 nitrogen and oxygen atoms in total. The lowest BCUT2D eigenvalue weighted by atomic mass is 9.95. The molecule has 1 aliphatic heterocycles. The molecule has 2 amide bonds. The van der Waals surface area contributed by atoms with Crippen LogP contribution in [0, 0.1) is 17.8 Å². The minimum atomic E-state index is -0.918. The number of nitriles is 1. The van der Waals surface area contributed by atoms with E-state index >= 15 is 0 Å². The molecule has 32 heavy (non-hydrogen) atoms. The summed E-state index contributed by atoms with van der Waals surface area (Å²) in [5.74, 6) is -0.844. The number of nitrogens with one attached hydrogen (secondary N) is 1. The fourth-order valence-corrected chi connectivity index (χ4v) is 4.35. The number of likely N-dealkylation sites (tertiary alicyclic amines) is 1. The van der Waals surface area contributed by atoms with Crippen LogP contribution >= 0.6 is 0 Å². The zero-order valence-electron chi connectivity index (χ0n) is 17.8. The standard InChI is InChI=1S/C26H25N4O2/c27-17-26(14-15-30(18-26)16-19-6-2-1-3-7-19)29-23(31)13-12-21-11-10-20-8-4-5-9-22(20)24(21)25(28)32/h1-11,13H,12,14-16,18H2,(H2,28,32)(H,29,31). The molecule has 0 aromatic heterocycles. The molecule has 0 bridgehead atoms.